The lowest BCUT2D eigenvalue weighted by Gasteiger charge is -2.26. The third-order valence-electron chi connectivity index (χ3n) is 5.78. The van der Waals surface area contributed by atoms with Gasteiger partial charge in [-0.25, -0.2) is 0 Å². The van der Waals surface area contributed by atoms with E-state index in [4.69, 9.17) is 4.74 Å². The SMILES string of the molecule is O=C(COC(=O)CCN1C(=O)c2cccc([N+](=O)[O-])c2C1=O)NC1CCCc2ccccc21. The molecule has 1 N–H and O–H groups in total. The van der Waals surface area contributed by atoms with E-state index in [1.807, 2.05) is 24.3 Å². The van der Waals surface area contributed by atoms with E-state index >= 15 is 0 Å². The highest BCUT2D eigenvalue weighted by Gasteiger charge is 2.40. The van der Waals surface area contributed by atoms with Gasteiger partial charge in [0.25, 0.3) is 23.4 Å². The van der Waals surface area contributed by atoms with Crippen molar-refractivity contribution in [2.24, 2.45) is 0 Å². The monoisotopic (exact) mass is 451 g/mol. The van der Waals surface area contributed by atoms with Crippen LogP contribution in [0.15, 0.2) is 42.5 Å². The Bertz CT molecular complexity index is 1160. The number of benzene rings is 2. The number of rotatable bonds is 7. The first kappa shape index (κ1) is 22.1. The number of fused-ring (bicyclic) bond motifs is 2. The van der Waals surface area contributed by atoms with E-state index in [1.54, 1.807) is 0 Å². The molecule has 2 aromatic rings. The van der Waals surface area contributed by atoms with Crippen LogP contribution < -0.4 is 5.32 Å². The van der Waals surface area contributed by atoms with Gasteiger partial charge in [0.2, 0.25) is 0 Å². The minimum absolute atomic E-state index is 0.0743. The summed E-state index contributed by atoms with van der Waals surface area (Å²) < 4.78 is 4.99. The minimum Gasteiger partial charge on any atom is -0.456 e. The number of hydrogen-bond acceptors (Lipinski definition) is 7. The van der Waals surface area contributed by atoms with Crippen molar-refractivity contribution in [1.82, 2.24) is 10.2 Å². The van der Waals surface area contributed by atoms with Crippen LogP contribution >= 0.6 is 0 Å². The molecule has 3 amide bonds. The van der Waals surface area contributed by atoms with Gasteiger partial charge in [0.1, 0.15) is 5.56 Å². The summed E-state index contributed by atoms with van der Waals surface area (Å²) in [5.41, 5.74) is 1.43. The zero-order valence-corrected chi connectivity index (χ0v) is 17.6. The maximum Gasteiger partial charge on any atom is 0.308 e. The highest BCUT2D eigenvalue weighted by atomic mass is 16.6. The van der Waals surface area contributed by atoms with Gasteiger partial charge in [0, 0.05) is 12.6 Å². The average molecular weight is 451 g/mol. The highest BCUT2D eigenvalue weighted by molar-refractivity contribution is 6.23. The number of nitro benzene ring substituents is 1. The van der Waals surface area contributed by atoms with Crippen LogP contribution in [0.3, 0.4) is 0 Å². The van der Waals surface area contributed by atoms with Gasteiger partial charge in [-0.05, 0) is 36.5 Å². The van der Waals surface area contributed by atoms with Crippen molar-refractivity contribution in [3.8, 4) is 0 Å². The maximum atomic E-state index is 12.5. The second kappa shape index (κ2) is 9.19. The largest absolute Gasteiger partial charge is 0.456 e. The molecule has 0 spiro atoms. The van der Waals surface area contributed by atoms with Gasteiger partial charge >= 0.3 is 5.97 Å². The molecule has 0 bridgehead atoms. The molecule has 1 atom stereocenters. The third kappa shape index (κ3) is 4.45. The Hall–Kier alpha value is -4.08. The van der Waals surface area contributed by atoms with Crippen molar-refractivity contribution in [1.29, 1.82) is 0 Å². The normalized spacial score (nSPS) is 16.7. The van der Waals surface area contributed by atoms with Gasteiger partial charge in [-0.3, -0.25) is 34.2 Å². The van der Waals surface area contributed by atoms with Crippen molar-refractivity contribution in [2.45, 2.75) is 31.7 Å². The number of ether oxygens (including phenoxy) is 1. The second-order valence-corrected chi connectivity index (χ2v) is 7.84. The lowest BCUT2D eigenvalue weighted by atomic mass is 9.88. The Morgan fingerprint density at radius 1 is 1.12 bits per heavy atom. The van der Waals surface area contributed by atoms with Crippen LogP contribution in [0.1, 0.15) is 57.1 Å². The molecular weight excluding hydrogens is 430 g/mol. The first-order valence-corrected chi connectivity index (χ1v) is 10.5. The zero-order chi connectivity index (χ0) is 23.5. The Labute approximate surface area is 188 Å². The van der Waals surface area contributed by atoms with Gasteiger partial charge < -0.3 is 10.1 Å². The predicted molar refractivity (Wildman–Crippen MR) is 114 cm³/mol. The van der Waals surface area contributed by atoms with Crippen molar-refractivity contribution in [3.05, 3.63) is 74.8 Å². The number of nitro groups is 1. The Kier molecular flexibility index (Phi) is 6.16. The van der Waals surface area contributed by atoms with E-state index in [0.717, 1.165) is 35.8 Å². The van der Waals surface area contributed by atoms with Gasteiger partial charge in [0.15, 0.2) is 6.61 Å². The Morgan fingerprint density at radius 2 is 1.91 bits per heavy atom. The lowest BCUT2D eigenvalue weighted by Crippen LogP contribution is -2.35. The quantitative estimate of drug-likeness (QED) is 0.295. The lowest BCUT2D eigenvalue weighted by molar-refractivity contribution is -0.385. The first-order valence-electron chi connectivity index (χ1n) is 10.5. The Balaban J connectivity index is 1.29. The topological polar surface area (TPSA) is 136 Å². The summed E-state index contributed by atoms with van der Waals surface area (Å²) in [6.07, 6.45) is 2.36. The number of nitrogens with one attached hydrogen (secondary N) is 1. The smallest absolute Gasteiger partial charge is 0.308 e. The minimum atomic E-state index is -0.830. The van der Waals surface area contributed by atoms with Gasteiger partial charge in [-0.15, -0.1) is 0 Å². The fourth-order valence-electron chi connectivity index (χ4n) is 4.23. The summed E-state index contributed by atoms with van der Waals surface area (Å²) in [5.74, 6) is -2.74. The predicted octanol–water partition coefficient (Wildman–Crippen LogP) is 2.32. The van der Waals surface area contributed by atoms with Gasteiger partial charge in [-0.1, -0.05) is 30.3 Å². The van der Waals surface area contributed by atoms with Crippen LogP contribution in [-0.4, -0.2) is 46.7 Å². The molecule has 1 aliphatic carbocycles. The molecule has 0 fully saturated rings. The molecule has 2 aliphatic rings. The molecular formula is C23H21N3O7. The fraction of sp³-hybridized carbons (Fsp3) is 0.304. The Morgan fingerprint density at radius 3 is 2.70 bits per heavy atom. The molecule has 10 nitrogen and oxygen atoms in total. The molecule has 0 saturated carbocycles. The summed E-state index contributed by atoms with van der Waals surface area (Å²) in [6.45, 7) is -0.787. The molecule has 33 heavy (non-hydrogen) atoms. The number of hydrogen-bond donors (Lipinski definition) is 1. The fourth-order valence-corrected chi connectivity index (χ4v) is 4.23. The van der Waals surface area contributed by atoms with E-state index in [9.17, 15) is 29.3 Å². The van der Waals surface area contributed by atoms with E-state index in [2.05, 4.69) is 5.32 Å². The van der Waals surface area contributed by atoms with Crippen LogP contribution in [-0.2, 0) is 20.7 Å². The molecule has 1 aliphatic heterocycles. The van der Waals surface area contributed by atoms with E-state index in [0.29, 0.717) is 0 Å². The number of carbonyl (C=O) groups excluding carboxylic acids is 4. The van der Waals surface area contributed by atoms with Crippen LogP contribution in [0.5, 0.6) is 0 Å². The standard InChI is InChI=1S/C23H21N3O7/c27-19(24-17-9-3-6-14-5-1-2-7-15(14)17)13-33-20(28)11-12-25-22(29)16-8-4-10-18(26(31)32)21(16)23(25)30/h1-2,4-5,7-8,10,17H,3,6,9,11-13H2,(H,24,27). The highest BCUT2D eigenvalue weighted by Crippen LogP contribution is 2.31. The zero-order valence-electron chi connectivity index (χ0n) is 17.6. The molecule has 4 rings (SSSR count). The molecule has 0 radical (unpaired) electrons. The summed E-state index contributed by atoms with van der Waals surface area (Å²) in [7, 11) is 0. The van der Waals surface area contributed by atoms with Crippen LogP contribution in [0.2, 0.25) is 0 Å². The maximum absolute atomic E-state index is 12.5. The van der Waals surface area contributed by atoms with E-state index < -0.39 is 40.9 Å². The number of amides is 3. The number of imide groups is 1. The van der Waals surface area contributed by atoms with Crippen LogP contribution in [0.25, 0.3) is 0 Å². The molecule has 0 aromatic heterocycles. The third-order valence-corrected chi connectivity index (χ3v) is 5.78. The molecule has 170 valence electrons. The number of nitrogens with zero attached hydrogens (tertiary/aromatic N) is 2. The van der Waals surface area contributed by atoms with Crippen molar-refractivity contribution >= 4 is 29.4 Å². The number of aryl methyl sites for hydroxylation is 1. The van der Waals surface area contributed by atoms with Crippen LogP contribution in [0.4, 0.5) is 5.69 Å². The summed E-state index contributed by atoms with van der Waals surface area (Å²) in [5, 5.41) is 14.0. The van der Waals surface area contributed by atoms with Crippen molar-refractivity contribution in [3.63, 3.8) is 0 Å². The molecule has 2 aromatic carbocycles. The summed E-state index contributed by atoms with van der Waals surface area (Å²) >= 11 is 0. The molecule has 1 heterocycles. The van der Waals surface area contributed by atoms with E-state index in [1.165, 1.54) is 17.7 Å². The molecule has 0 saturated heterocycles. The van der Waals surface area contributed by atoms with Crippen molar-refractivity contribution in [2.75, 3.05) is 13.2 Å². The molecule has 1 unspecified atom stereocenters. The number of esters is 1. The molecule has 10 heteroatoms. The first-order chi connectivity index (χ1) is 15.9. The summed E-state index contributed by atoms with van der Waals surface area (Å²) in [4.78, 5) is 60.5. The second-order valence-electron chi connectivity index (χ2n) is 7.84. The van der Waals surface area contributed by atoms with E-state index in [-0.39, 0.29) is 30.1 Å². The van der Waals surface area contributed by atoms with Crippen molar-refractivity contribution < 1.29 is 28.8 Å². The van der Waals surface area contributed by atoms with Gasteiger partial charge in [-0.2, -0.15) is 0 Å². The summed E-state index contributed by atoms with van der Waals surface area (Å²) in [6, 6.07) is 11.5. The van der Waals surface area contributed by atoms with Crippen LogP contribution in [0, 0.1) is 10.1 Å². The van der Waals surface area contributed by atoms with Gasteiger partial charge in [0.05, 0.1) is 22.9 Å². The number of carbonyl (C=O) groups is 4. The average Bonchev–Trinajstić information content (AvgIpc) is 3.06.